The van der Waals surface area contributed by atoms with Gasteiger partial charge in [0.25, 0.3) is 0 Å². The van der Waals surface area contributed by atoms with Crippen molar-refractivity contribution in [1.82, 2.24) is 0 Å². The van der Waals surface area contributed by atoms with Crippen LogP contribution in [0, 0.1) is 0 Å². The van der Waals surface area contributed by atoms with Crippen LogP contribution in [0.2, 0.25) is 0 Å². The lowest BCUT2D eigenvalue weighted by Crippen LogP contribution is -2.00. The van der Waals surface area contributed by atoms with Crippen LogP contribution in [0.5, 0.6) is 0 Å². The first-order valence-corrected chi connectivity index (χ1v) is 4.57. The van der Waals surface area contributed by atoms with E-state index < -0.39 is 0 Å². The zero-order valence-electron chi connectivity index (χ0n) is 8.22. The molecule has 0 rings (SSSR count). The highest BCUT2D eigenvalue weighted by molar-refractivity contribution is 5.06. The molecule has 0 saturated heterocycles. The second kappa shape index (κ2) is 7.74. The lowest BCUT2D eigenvalue weighted by atomic mass is 10.2. The molecule has 0 bridgehead atoms. The van der Waals surface area contributed by atoms with Gasteiger partial charge in [0.2, 0.25) is 0 Å². The van der Waals surface area contributed by atoms with Crippen molar-refractivity contribution in [2.24, 2.45) is 5.73 Å². The standard InChI is InChI=1S/C11H18FN/c1-3-6-11(12)8-5-4-7-10(2)9-13/h4-6H,2-3,7-9,13H2,1H3. The fraction of sp³-hybridized carbons (Fsp3) is 0.455. The second-order valence-corrected chi connectivity index (χ2v) is 2.89. The lowest BCUT2D eigenvalue weighted by molar-refractivity contribution is 0.612. The minimum absolute atomic E-state index is 0.0721. The highest BCUT2D eigenvalue weighted by Crippen LogP contribution is 2.06. The number of hydrogen-bond donors (Lipinski definition) is 1. The SMILES string of the molecule is C=C(CN)CC=CCC(F)=CCC. The van der Waals surface area contributed by atoms with Crippen molar-refractivity contribution >= 4 is 0 Å². The molecule has 0 fully saturated rings. The van der Waals surface area contributed by atoms with E-state index in [1.165, 1.54) is 0 Å². The summed E-state index contributed by atoms with van der Waals surface area (Å²) in [4.78, 5) is 0. The molecule has 13 heavy (non-hydrogen) atoms. The van der Waals surface area contributed by atoms with Gasteiger partial charge in [0.1, 0.15) is 0 Å². The smallest absolute Gasteiger partial charge is 0.0997 e. The van der Waals surface area contributed by atoms with Gasteiger partial charge in [0.05, 0.1) is 5.83 Å². The Morgan fingerprint density at radius 1 is 1.38 bits per heavy atom. The van der Waals surface area contributed by atoms with E-state index in [-0.39, 0.29) is 5.83 Å². The molecule has 0 heterocycles. The van der Waals surface area contributed by atoms with Gasteiger partial charge in [0, 0.05) is 13.0 Å². The van der Waals surface area contributed by atoms with E-state index in [1.54, 1.807) is 6.08 Å². The van der Waals surface area contributed by atoms with Gasteiger partial charge in [-0.25, -0.2) is 4.39 Å². The molecule has 0 saturated carbocycles. The molecule has 0 atom stereocenters. The second-order valence-electron chi connectivity index (χ2n) is 2.89. The van der Waals surface area contributed by atoms with Crippen LogP contribution in [0.3, 0.4) is 0 Å². The van der Waals surface area contributed by atoms with Crippen LogP contribution in [0.15, 0.2) is 36.2 Å². The van der Waals surface area contributed by atoms with Crippen molar-refractivity contribution in [3.05, 3.63) is 36.2 Å². The first-order valence-electron chi connectivity index (χ1n) is 4.57. The maximum Gasteiger partial charge on any atom is 0.0997 e. The number of nitrogens with two attached hydrogens (primary N) is 1. The Morgan fingerprint density at radius 3 is 2.54 bits per heavy atom. The third-order valence-corrected chi connectivity index (χ3v) is 1.60. The number of rotatable bonds is 6. The van der Waals surface area contributed by atoms with Gasteiger partial charge in [-0.1, -0.05) is 37.3 Å². The summed E-state index contributed by atoms with van der Waals surface area (Å²) in [5.41, 5.74) is 6.31. The van der Waals surface area contributed by atoms with E-state index in [2.05, 4.69) is 6.58 Å². The predicted molar refractivity (Wildman–Crippen MR) is 56.1 cm³/mol. The molecule has 74 valence electrons. The van der Waals surface area contributed by atoms with Crippen molar-refractivity contribution in [2.45, 2.75) is 26.2 Å². The summed E-state index contributed by atoms with van der Waals surface area (Å²) >= 11 is 0. The minimum Gasteiger partial charge on any atom is -0.327 e. The maximum absolute atomic E-state index is 12.8. The van der Waals surface area contributed by atoms with Crippen molar-refractivity contribution < 1.29 is 4.39 Å². The number of halogens is 1. The van der Waals surface area contributed by atoms with Crippen molar-refractivity contribution in [2.75, 3.05) is 6.54 Å². The van der Waals surface area contributed by atoms with Gasteiger partial charge in [-0.3, -0.25) is 0 Å². The highest BCUT2D eigenvalue weighted by atomic mass is 19.1. The Balaban J connectivity index is 3.63. The Hall–Kier alpha value is -0.890. The highest BCUT2D eigenvalue weighted by Gasteiger charge is 1.89. The Morgan fingerprint density at radius 2 is 2.00 bits per heavy atom. The van der Waals surface area contributed by atoms with Crippen LogP contribution in [-0.2, 0) is 0 Å². The number of allylic oxidation sites excluding steroid dienone is 4. The predicted octanol–water partition coefficient (Wildman–Crippen LogP) is 3.10. The fourth-order valence-corrected chi connectivity index (χ4v) is 0.834. The maximum atomic E-state index is 12.8. The van der Waals surface area contributed by atoms with Gasteiger partial charge in [-0.15, -0.1) is 0 Å². The molecule has 0 aromatic carbocycles. The van der Waals surface area contributed by atoms with Crippen LogP contribution >= 0.6 is 0 Å². The van der Waals surface area contributed by atoms with E-state index in [0.717, 1.165) is 18.4 Å². The zero-order valence-corrected chi connectivity index (χ0v) is 8.22. The van der Waals surface area contributed by atoms with Gasteiger partial charge in [0.15, 0.2) is 0 Å². The first kappa shape index (κ1) is 12.1. The number of hydrogen-bond acceptors (Lipinski definition) is 1. The summed E-state index contributed by atoms with van der Waals surface area (Å²) in [6.07, 6.45) is 7.17. The van der Waals surface area contributed by atoms with Crippen LogP contribution in [-0.4, -0.2) is 6.54 Å². The summed E-state index contributed by atoms with van der Waals surface area (Å²) in [5, 5.41) is 0. The van der Waals surface area contributed by atoms with Crippen LogP contribution in [0.25, 0.3) is 0 Å². The molecular weight excluding hydrogens is 165 g/mol. The molecule has 2 heteroatoms. The molecule has 0 aromatic heterocycles. The molecular formula is C11H18FN. The summed E-state index contributed by atoms with van der Waals surface area (Å²) in [7, 11) is 0. The van der Waals surface area contributed by atoms with Crippen molar-refractivity contribution in [1.29, 1.82) is 0 Å². The van der Waals surface area contributed by atoms with Gasteiger partial charge < -0.3 is 5.73 Å². The lowest BCUT2D eigenvalue weighted by Gasteiger charge is -1.94. The largest absolute Gasteiger partial charge is 0.327 e. The van der Waals surface area contributed by atoms with E-state index in [1.807, 2.05) is 19.1 Å². The third kappa shape index (κ3) is 7.47. The van der Waals surface area contributed by atoms with Gasteiger partial charge in [-0.2, -0.15) is 0 Å². The zero-order chi connectivity index (χ0) is 10.1. The molecule has 0 aliphatic heterocycles. The van der Waals surface area contributed by atoms with Gasteiger partial charge in [-0.05, 0) is 12.8 Å². The van der Waals surface area contributed by atoms with Crippen molar-refractivity contribution in [3.8, 4) is 0 Å². The summed E-state index contributed by atoms with van der Waals surface area (Å²) < 4.78 is 12.8. The van der Waals surface area contributed by atoms with Crippen LogP contribution in [0.1, 0.15) is 26.2 Å². The van der Waals surface area contributed by atoms with E-state index in [0.29, 0.717) is 13.0 Å². The normalized spacial score (nSPS) is 12.4. The van der Waals surface area contributed by atoms with Crippen LogP contribution < -0.4 is 5.73 Å². The molecule has 2 N–H and O–H groups in total. The fourth-order valence-electron chi connectivity index (χ4n) is 0.834. The average Bonchev–Trinajstić information content (AvgIpc) is 2.12. The molecule has 0 unspecified atom stereocenters. The first-order chi connectivity index (χ1) is 6.20. The van der Waals surface area contributed by atoms with E-state index >= 15 is 0 Å². The van der Waals surface area contributed by atoms with E-state index in [9.17, 15) is 4.39 Å². The molecule has 0 aromatic rings. The topological polar surface area (TPSA) is 26.0 Å². The molecule has 0 aliphatic rings. The molecule has 0 radical (unpaired) electrons. The molecule has 0 spiro atoms. The monoisotopic (exact) mass is 183 g/mol. The van der Waals surface area contributed by atoms with Gasteiger partial charge >= 0.3 is 0 Å². The van der Waals surface area contributed by atoms with E-state index in [4.69, 9.17) is 5.73 Å². The quantitative estimate of drug-likeness (QED) is 0.629. The van der Waals surface area contributed by atoms with Crippen molar-refractivity contribution in [3.63, 3.8) is 0 Å². The average molecular weight is 183 g/mol. The molecule has 0 aliphatic carbocycles. The summed E-state index contributed by atoms with van der Waals surface area (Å²) in [5.74, 6) is -0.0721. The third-order valence-electron chi connectivity index (χ3n) is 1.60. The summed E-state index contributed by atoms with van der Waals surface area (Å²) in [6, 6.07) is 0. The Bertz CT molecular complexity index is 204. The Kier molecular flexibility index (Phi) is 7.21. The molecule has 0 amide bonds. The van der Waals surface area contributed by atoms with Crippen LogP contribution in [0.4, 0.5) is 4.39 Å². The minimum atomic E-state index is -0.0721. The molecule has 1 nitrogen and oxygen atoms in total. The Labute approximate surface area is 79.8 Å². The summed E-state index contributed by atoms with van der Waals surface area (Å²) in [6.45, 7) is 6.16.